The van der Waals surface area contributed by atoms with Crippen LogP contribution >= 0.6 is 11.8 Å². The summed E-state index contributed by atoms with van der Waals surface area (Å²) in [6, 6.07) is 3.96. The SMILES string of the molecule is CCC(CSC)NC(=O)c1cc(N)cc(F)c1. The highest BCUT2D eigenvalue weighted by Gasteiger charge is 2.12. The van der Waals surface area contributed by atoms with E-state index in [0.29, 0.717) is 0 Å². The van der Waals surface area contributed by atoms with Crippen molar-refractivity contribution in [3.05, 3.63) is 29.6 Å². The summed E-state index contributed by atoms with van der Waals surface area (Å²) < 4.78 is 13.1. The molecule has 0 radical (unpaired) electrons. The predicted octanol–water partition coefficient (Wildman–Crippen LogP) is 2.28. The van der Waals surface area contributed by atoms with Gasteiger partial charge in [-0.2, -0.15) is 11.8 Å². The molecule has 0 fully saturated rings. The number of anilines is 1. The summed E-state index contributed by atoms with van der Waals surface area (Å²) in [7, 11) is 0. The molecule has 1 atom stereocenters. The minimum atomic E-state index is -0.493. The van der Waals surface area contributed by atoms with Gasteiger partial charge >= 0.3 is 0 Å². The van der Waals surface area contributed by atoms with Crippen LogP contribution in [0.15, 0.2) is 18.2 Å². The van der Waals surface area contributed by atoms with Gasteiger partial charge in [0.15, 0.2) is 0 Å². The summed E-state index contributed by atoms with van der Waals surface area (Å²) in [5, 5.41) is 2.86. The quantitative estimate of drug-likeness (QED) is 0.795. The lowest BCUT2D eigenvalue weighted by molar-refractivity contribution is 0.0939. The summed E-state index contributed by atoms with van der Waals surface area (Å²) >= 11 is 1.66. The van der Waals surface area contributed by atoms with Gasteiger partial charge in [0.1, 0.15) is 5.82 Å². The molecular formula is C12H17FN2OS. The molecule has 3 nitrogen and oxygen atoms in total. The van der Waals surface area contributed by atoms with Gasteiger partial charge in [-0.05, 0) is 30.9 Å². The Morgan fingerprint density at radius 1 is 1.53 bits per heavy atom. The van der Waals surface area contributed by atoms with Crippen LogP contribution in [0.3, 0.4) is 0 Å². The summed E-state index contributed by atoms with van der Waals surface area (Å²) in [5.41, 5.74) is 6.02. The van der Waals surface area contributed by atoms with E-state index >= 15 is 0 Å². The van der Waals surface area contributed by atoms with Gasteiger partial charge < -0.3 is 11.1 Å². The topological polar surface area (TPSA) is 55.1 Å². The van der Waals surface area contributed by atoms with E-state index in [1.54, 1.807) is 11.8 Å². The zero-order valence-corrected chi connectivity index (χ0v) is 10.8. The highest BCUT2D eigenvalue weighted by Crippen LogP contribution is 2.11. The van der Waals surface area contributed by atoms with Crippen LogP contribution in [0.5, 0.6) is 0 Å². The van der Waals surface area contributed by atoms with Gasteiger partial charge in [0, 0.05) is 23.0 Å². The smallest absolute Gasteiger partial charge is 0.251 e. The average Bonchev–Trinajstić information content (AvgIpc) is 2.27. The van der Waals surface area contributed by atoms with E-state index in [9.17, 15) is 9.18 Å². The molecule has 3 N–H and O–H groups in total. The molecule has 0 aliphatic rings. The van der Waals surface area contributed by atoms with Crippen molar-refractivity contribution in [1.29, 1.82) is 0 Å². The third-order valence-electron chi connectivity index (χ3n) is 2.38. The van der Waals surface area contributed by atoms with Gasteiger partial charge in [-0.1, -0.05) is 6.92 Å². The standard InChI is InChI=1S/C12H17FN2OS/c1-3-11(7-17-2)15-12(16)8-4-9(13)6-10(14)5-8/h4-6,11H,3,7,14H2,1-2H3,(H,15,16). The Hall–Kier alpha value is -1.23. The summed E-state index contributed by atoms with van der Waals surface area (Å²) in [6.45, 7) is 2.00. The fourth-order valence-corrected chi connectivity index (χ4v) is 2.20. The van der Waals surface area contributed by atoms with E-state index in [-0.39, 0.29) is 23.2 Å². The third kappa shape index (κ3) is 4.26. The molecule has 0 saturated carbocycles. The van der Waals surface area contributed by atoms with Crippen LogP contribution < -0.4 is 11.1 Å². The molecule has 94 valence electrons. The first-order valence-corrected chi connectivity index (χ1v) is 6.82. The number of carbonyl (C=O) groups excluding carboxylic acids is 1. The molecule has 0 spiro atoms. The fourth-order valence-electron chi connectivity index (χ4n) is 1.47. The molecule has 1 aromatic rings. The lowest BCUT2D eigenvalue weighted by Crippen LogP contribution is -2.36. The zero-order valence-electron chi connectivity index (χ0n) is 10.00. The molecule has 0 aliphatic carbocycles. The minimum absolute atomic E-state index is 0.0991. The van der Waals surface area contributed by atoms with E-state index in [1.807, 2.05) is 13.2 Å². The highest BCUT2D eigenvalue weighted by molar-refractivity contribution is 7.98. The maximum absolute atomic E-state index is 13.1. The molecule has 17 heavy (non-hydrogen) atoms. The van der Waals surface area contributed by atoms with Crippen molar-refractivity contribution in [2.75, 3.05) is 17.7 Å². The number of rotatable bonds is 5. The van der Waals surface area contributed by atoms with Crippen LogP contribution in [-0.4, -0.2) is 24.0 Å². The van der Waals surface area contributed by atoms with Crippen molar-refractivity contribution in [3.8, 4) is 0 Å². The van der Waals surface area contributed by atoms with Crippen LogP contribution in [0.4, 0.5) is 10.1 Å². The van der Waals surface area contributed by atoms with Crippen molar-refractivity contribution in [2.45, 2.75) is 19.4 Å². The Kier molecular flexibility index (Phi) is 5.28. The molecule has 1 rings (SSSR count). The molecule has 1 amide bonds. The number of hydrogen-bond donors (Lipinski definition) is 2. The van der Waals surface area contributed by atoms with Gasteiger partial charge in [-0.25, -0.2) is 4.39 Å². The molecule has 0 heterocycles. The van der Waals surface area contributed by atoms with Gasteiger partial charge in [-0.3, -0.25) is 4.79 Å². The Bertz CT molecular complexity index is 378. The lowest BCUT2D eigenvalue weighted by atomic mass is 10.1. The van der Waals surface area contributed by atoms with E-state index in [4.69, 9.17) is 5.73 Å². The number of nitrogens with one attached hydrogen (secondary N) is 1. The van der Waals surface area contributed by atoms with Crippen molar-refractivity contribution in [1.82, 2.24) is 5.32 Å². The van der Waals surface area contributed by atoms with Gasteiger partial charge in [0.05, 0.1) is 0 Å². The number of carbonyl (C=O) groups is 1. The number of thioether (sulfide) groups is 1. The molecule has 0 aliphatic heterocycles. The Labute approximate surface area is 105 Å². The second kappa shape index (κ2) is 6.49. The van der Waals surface area contributed by atoms with Crippen molar-refractivity contribution >= 4 is 23.4 Å². The fraction of sp³-hybridized carbons (Fsp3) is 0.417. The van der Waals surface area contributed by atoms with Crippen LogP contribution in [0.1, 0.15) is 23.7 Å². The monoisotopic (exact) mass is 256 g/mol. The van der Waals surface area contributed by atoms with E-state index in [0.717, 1.165) is 12.2 Å². The first-order chi connectivity index (χ1) is 8.06. The highest BCUT2D eigenvalue weighted by atomic mass is 32.2. The van der Waals surface area contributed by atoms with Crippen LogP contribution in [-0.2, 0) is 0 Å². The van der Waals surface area contributed by atoms with Gasteiger partial charge in [0.25, 0.3) is 5.91 Å². The molecule has 0 aromatic heterocycles. The summed E-state index contributed by atoms with van der Waals surface area (Å²) in [4.78, 5) is 11.9. The van der Waals surface area contributed by atoms with E-state index < -0.39 is 5.82 Å². The normalized spacial score (nSPS) is 12.2. The maximum atomic E-state index is 13.1. The molecule has 0 bridgehead atoms. The van der Waals surface area contributed by atoms with Crippen LogP contribution in [0.2, 0.25) is 0 Å². The van der Waals surface area contributed by atoms with E-state index in [1.165, 1.54) is 18.2 Å². The number of benzene rings is 1. The van der Waals surface area contributed by atoms with Gasteiger partial charge in [-0.15, -0.1) is 0 Å². The largest absolute Gasteiger partial charge is 0.399 e. The summed E-state index contributed by atoms with van der Waals surface area (Å²) in [5.74, 6) is 0.0673. The number of nitrogen functional groups attached to an aromatic ring is 1. The molecule has 1 aromatic carbocycles. The Morgan fingerprint density at radius 2 is 2.24 bits per heavy atom. The molecule has 1 unspecified atom stereocenters. The Balaban J connectivity index is 2.75. The Morgan fingerprint density at radius 3 is 2.76 bits per heavy atom. The second-order valence-corrected chi connectivity index (χ2v) is 4.72. The molecule has 0 saturated heterocycles. The third-order valence-corrected chi connectivity index (χ3v) is 3.11. The summed E-state index contributed by atoms with van der Waals surface area (Å²) in [6.07, 6.45) is 2.83. The average molecular weight is 256 g/mol. The number of halogens is 1. The number of nitrogens with two attached hydrogens (primary N) is 1. The van der Waals surface area contributed by atoms with E-state index in [2.05, 4.69) is 5.32 Å². The van der Waals surface area contributed by atoms with Crippen molar-refractivity contribution < 1.29 is 9.18 Å². The lowest BCUT2D eigenvalue weighted by Gasteiger charge is -2.15. The van der Waals surface area contributed by atoms with Crippen molar-refractivity contribution in [3.63, 3.8) is 0 Å². The second-order valence-electron chi connectivity index (χ2n) is 3.81. The number of hydrogen-bond acceptors (Lipinski definition) is 3. The van der Waals surface area contributed by atoms with Crippen LogP contribution in [0.25, 0.3) is 0 Å². The first kappa shape index (κ1) is 13.8. The van der Waals surface area contributed by atoms with Crippen LogP contribution in [0, 0.1) is 5.82 Å². The molecule has 5 heteroatoms. The molecular weight excluding hydrogens is 239 g/mol. The maximum Gasteiger partial charge on any atom is 0.251 e. The van der Waals surface area contributed by atoms with Gasteiger partial charge in [0.2, 0.25) is 0 Å². The zero-order chi connectivity index (χ0) is 12.8. The van der Waals surface area contributed by atoms with Crippen molar-refractivity contribution in [2.24, 2.45) is 0 Å². The predicted molar refractivity (Wildman–Crippen MR) is 70.7 cm³/mol. The first-order valence-electron chi connectivity index (χ1n) is 5.42. The minimum Gasteiger partial charge on any atom is -0.399 e. The number of amides is 1.